The molecule has 9 heteroatoms. The van der Waals surface area contributed by atoms with Crippen molar-refractivity contribution >= 4 is 22.8 Å². The molecular formula is C8H16FeN4O4. The topological polar surface area (TPSA) is 130 Å². The minimum Gasteiger partial charge on any atom is -0.411 e. The summed E-state index contributed by atoms with van der Waals surface area (Å²) < 4.78 is 0. The van der Waals surface area contributed by atoms with Gasteiger partial charge in [0.25, 0.3) is 0 Å². The van der Waals surface area contributed by atoms with Gasteiger partial charge in [0.1, 0.15) is 22.8 Å². The molecular weight excluding hydrogens is 272 g/mol. The van der Waals surface area contributed by atoms with Gasteiger partial charge in [0.05, 0.1) is 0 Å². The van der Waals surface area contributed by atoms with E-state index in [4.69, 9.17) is 20.8 Å². The van der Waals surface area contributed by atoms with Crippen molar-refractivity contribution in [1.82, 2.24) is 0 Å². The molecule has 0 aliphatic heterocycles. The van der Waals surface area contributed by atoms with E-state index in [-0.39, 0.29) is 17.1 Å². The molecule has 0 spiro atoms. The number of rotatable bonds is 2. The maximum absolute atomic E-state index is 8.03. The van der Waals surface area contributed by atoms with Gasteiger partial charge >= 0.3 is 0 Å². The molecule has 4 N–H and O–H groups in total. The molecule has 0 aliphatic carbocycles. The normalized spacial score (nSPS) is 13.4. The Balaban J connectivity index is -0.000000218. The first-order valence-corrected chi connectivity index (χ1v) is 4.19. The zero-order valence-corrected chi connectivity index (χ0v) is 11.0. The molecule has 0 aromatic rings. The van der Waals surface area contributed by atoms with Crippen LogP contribution < -0.4 is 0 Å². The Morgan fingerprint density at radius 2 is 0.647 bits per heavy atom. The predicted octanol–water partition coefficient (Wildman–Crippen LogP) is 1.37. The van der Waals surface area contributed by atoms with Crippen molar-refractivity contribution in [3.63, 3.8) is 0 Å². The van der Waals surface area contributed by atoms with Crippen molar-refractivity contribution in [2.45, 2.75) is 27.7 Å². The van der Waals surface area contributed by atoms with E-state index in [1.54, 1.807) is 0 Å². The van der Waals surface area contributed by atoms with Gasteiger partial charge in [-0.1, -0.05) is 20.6 Å². The summed E-state index contributed by atoms with van der Waals surface area (Å²) in [6.07, 6.45) is 0. The van der Waals surface area contributed by atoms with Crippen molar-refractivity contribution in [3.8, 4) is 0 Å². The SMILES string of the molecule is CC(=NO)C(C)=NO.CC(=NO)C(C)=NO.[Fe]. The van der Waals surface area contributed by atoms with Crippen molar-refractivity contribution in [3.05, 3.63) is 0 Å². The smallest absolute Gasteiger partial charge is 0.101 e. The van der Waals surface area contributed by atoms with Crippen LogP contribution in [0.4, 0.5) is 0 Å². The molecule has 0 fully saturated rings. The van der Waals surface area contributed by atoms with Crippen LogP contribution in [0.25, 0.3) is 0 Å². The maximum atomic E-state index is 8.03. The van der Waals surface area contributed by atoms with Crippen LogP contribution in [-0.2, 0) is 17.1 Å². The molecule has 0 aromatic heterocycles. The Hall–Kier alpha value is -1.60. The average Bonchev–Trinajstić information content (AvgIpc) is 2.35. The fraction of sp³-hybridized carbons (Fsp3) is 0.500. The van der Waals surface area contributed by atoms with Gasteiger partial charge in [0.2, 0.25) is 0 Å². The molecule has 0 aliphatic rings. The van der Waals surface area contributed by atoms with E-state index in [2.05, 4.69) is 20.6 Å². The second kappa shape index (κ2) is 12.5. The molecule has 0 saturated heterocycles. The maximum Gasteiger partial charge on any atom is 0.101 e. The molecule has 0 amide bonds. The van der Waals surface area contributed by atoms with E-state index >= 15 is 0 Å². The van der Waals surface area contributed by atoms with Crippen LogP contribution in [-0.4, -0.2) is 43.7 Å². The molecule has 17 heavy (non-hydrogen) atoms. The standard InChI is InChI=1S/2C4H8N2O2.Fe/c2*1-3(5-7)4(2)6-8;/h2*7-8H,1-2H3;. The van der Waals surface area contributed by atoms with E-state index in [1.807, 2.05) is 0 Å². The molecule has 0 heterocycles. The van der Waals surface area contributed by atoms with Crippen molar-refractivity contribution in [1.29, 1.82) is 0 Å². The van der Waals surface area contributed by atoms with Gasteiger partial charge in [-0.05, 0) is 27.7 Å². The fourth-order valence-corrected chi connectivity index (χ4v) is 0.289. The van der Waals surface area contributed by atoms with Crippen LogP contribution in [0.5, 0.6) is 0 Å². The molecule has 0 unspecified atom stereocenters. The van der Waals surface area contributed by atoms with Crippen LogP contribution in [0.3, 0.4) is 0 Å². The third-order valence-electron chi connectivity index (χ3n) is 1.65. The minimum absolute atomic E-state index is 0. The molecule has 100 valence electrons. The Bertz CT molecular complexity index is 261. The average molecular weight is 288 g/mol. The molecule has 0 atom stereocenters. The monoisotopic (exact) mass is 288 g/mol. The zero-order valence-electron chi connectivity index (χ0n) is 9.93. The third kappa shape index (κ3) is 10.7. The number of nitrogens with zero attached hydrogens (tertiary/aromatic N) is 4. The van der Waals surface area contributed by atoms with Crippen LogP contribution in [0, 0.1) is 0 Å². The van der Waals surface area contributed by atoms with E-state index in [0.717, 1.165) is 0 Å². The van der Waals surface area contributed by atoms with Crippen LogP contribution >= 0.6 is 0 Å². The first-order chi connectivity index (χ1) is 7.44. The Morgan fingerprint density at radius 1 is 0.529 bits per heavy atom. The van der Waals surface area contributed by atoms with Gasteiger partial charge < -0.3 is 20.8 Å². The molecule has 8 nitrogen and oxygen atoms in total. The van der Waals surface area contributed by atoms with Crippen LogP contribution in [0.2, 0.25) is 0 Å². The van der Waals surface area contributed by atoms with Gasteiger partial charge in [-0.2, -0.15) is 0 Å². The second-order valence-electron chi connectivity index (χ2n) is 2.74. The Kier molecular flexibility index (Phi) is 15.2. The number of hydrogen-bond acceptors (Lipinski definition) is 8. The third-order valence-corrected chi connectivity index (χ3v) is 1.65. The summed E-state index contributed by atoms with van der Waals surface area (Å²) in [4.78, 5) is 0. The van der Waals surface area contributed by atoms with Gasteiger partial charge in [0, 0.05) is 17.1 Å². The molecule has 0 bridgehead atoms. The van der Waals surface area contributed by atoms with Gasteiger partial charge in [-0.3, -0.25) is 0 Å². The Morgan fingerprint density at radius 3 is 0.706 bits per heavy atom. The quantitative estimate of drug-likeness (QED) is 0.264. The predicted molar refractivity (Wildman–Crippen MR) is 59.6 cm³/mol. The van der Waals surface area contributed by atoms with Gasteiger partial charge in [-0.25, -0.2) is 0 Å². The van der Waals surface area contributed by atoms with Crippen molar-refractivity contribution in [2.75, 3.05) is 0 Å². The molecule has 0 aromatic carbocycles. The first kappa shape index (κ1) is 20.8. The summed E-state index contributed by atoms with van der Waals surface area (Å²) in [7, 11) is 0. The summed E-state index contributed by atoms with van der Waals surface area (Å²) in [5, 5.41) is 43.3. The van der Waals surface area contributed by atoms with Crippen molar-refractivity contribution in [2.24, 2.45) is 20.6 Å². The molecule has 0 saturated carbocycles. The summed E-state index contributed by atoms with van der Waals surface area (Å²) in [5.74, 6) is 0. The zero-order chi connectivity index (χ0) is 13.1. The largest absolute Gasteiger partial charge is 0.411 e. The summed E-state index contributed by atoms with van der Waals surface area (Å²) in [6.45, 7) is 6.15. The van der Waals surface area contributed by atoms with E-state index < -0.39 is 0 Å². The van der Waals surface area contributed by atoms with Gasteiger partial charge in [-0.15, -0.1) is 0 Å². The van der Waals surface area contributed by atoms with Crippen LogP contribution in [0.15, 0.2) is 20.6 Å². The van der Waals surface area contributed by atoms with Crippen LogP contribution in [0.1, 0.15) is 27.7 Å². The summed E-state index contributed by atoms with van der Waals surface area (Å²) in [6, 6.07) is 0. The van der Waals surface area contributed by atoms with Gasteiger partial charge in [0.15, 0.2) is 0 Å². The molecule has 0 rings (SSSR count). The van der Waals surface area contributed by atoms with E-state index in [9.17, 15) is 0 Å². The van der Waals surface area contributed by atoms with E-state index in [0.29, 0.717) is 22.8 Å². The first-order valence-electron chi connectivity index (χ1n) is 4.19. The Labute approximate surface area is 109 Å². The number of oxime groups is 4. The summed E-state index contributed by atoms with van der Waals surface area (Å²) >= 11 is 0. The fourth-order valence-electron chi connectivity index (χ4n) is 0.289. The van der Waals surface area contributed by atoms with Crippen molar-refractivity contribution < 1.29 is 37.9 Å². The second-order valence-corrected chi connectivity index (χ2v) is 2.74. The van der Waals surface area contributed by atoms with E-state index in [1.165, 1.54) is 27.7 Å². The minimum atomic E-state index is 0. The summed E-state index contributed by atoms with van der Waals surface area (Å²) in [5.41, 5.74) is 1.25. The number of hydrogen-bond donors (Lipinski definition) is 4. The molecule has 0 radical (unpaired) electrons.